The number of hydrazone groups is 1. The second-order valence-electron chi connectivity index (χ2n) is 10.1. The van der Waals surface area contributed by atoms with Gasteiger partial charge >= 0.3 is 0 Å². The van der Waals surface area contributed by atoms with Crippen LogP contribution in [-0.4, -0.2) is 31.9 Å². The number of carbonyl (C=O) groups excluding carboxylic acids is 1. The molecule has 2 aromatic heterocycles. The Morgan fingerprint density at radius 2 is 2.03 bits per heavy atom. The maximum absolute atomic E-state index is 13.3. The summed E-state index contributed by atoms with van der Waals surface area (Å²) < 4.78 is 1.48. The van der Waals surface area contributed by atoms with E-state index in [1.165, 1.54) is 22.7 Å². The number of carbonyl (C=O) groups is 1. The molecule has 34 heavy (non-hydrogen) atoms. The zero-order chi connectivity index (χ0) is 24.1. The Labute approximate surface area is 203 Å². The highest BCUT2D eigenvalue weighted by Crippen LogP contribution is 2.63. The van der Waals surface area contributed by atoms with Gasteiger partial charge in [-0.15, -0.1) is 0 Å². The number of aromatic nitrogens is 3. The minimum Gasteiger partial charge on any atom is -0.272 e. The third-order valence-electron chi connectivity index (χ3n) is 8.03. The molecular formula is C26H29N5O2S. The van der Waals surface area contributed by atoms with E-state index in [2.05, 4.69) is 41.3 Å². The van der Waals surface area contributed by atoms with Crippen molar-refractivity contribution < 1.29 is 4.79 Å². The summed E-state index contributed by atoms with van der Waals surface area (Å²) >= 11 is 1.21. The van der Waals surface area contributed by atoms with E-state index in [-0.39, 0.29) is 28.0 Å². The highest BCUT2D eigenvalue weighted by atomic mass is 32.2. The highest BCUT2D eigenvalue weighted by Gasteiger charge is 2.60. The lowest BCUT2D eigenvalue weighted by Gasteiger charge is -2.34. The van der Waals surface area contributed by atoms with Crippen molar-refractivity contribution in [2.24, 2.45) is 21.8 Å². The van der Waals surface area contributed by atoms with Crippen molar-refractivity contribution in [3.63, 3.8) is 0 Å². The van der Waals surface area contributed by atoms with Crippen LogP contribution >= 0.6 is 11.8 Å². The van der Waals surface area contributed by atoms with Gasteiger partial charge in [0.2, 0.25) is 0 Å². The van der Waals surface area contributed by atoms with Crippen LogP contribution in [0, 0.1) is 23.7 Å². The van der Waals surface area contributed by atoms with Gasteiger partial charge in [0.05, 0.1) is 16.7 Å². The van der Waals surface area contributed by atoms with E-state index < -0.39 is 0 Å². The SMILES string of the molecule is Cc1ccc(-n2c(SCC(=O)N/N=C3\CC4CCC3(C)C4(C)C)nc3ccccc3c2=O)nc1. The van der Waals surface area contributed by atoms with Crippen molar-refractivity contribution in [2.75, 3.05) is 5.75 Å². The number of benzene rings is 1. The van der Waals surface area contributed by atoms with Crippen LogP contribution < -0.4 is 11.0 Å². The lowest BCUT2D eigenvalue weighted by Crippen LogP contribution is -2.34. The fraction of sp³-hybridized carbons (Fsp3) is 0.423. The molecule has 1 aromatic carbocycles. The molecule has 1 N–H and O–H groups in total. The van der Waals surface area contributed by atoms with E-state index in [1.807, 2.05) is 25.1 Å². The maximum Gasteiger partial charge on any atom is 0.267 e. The fourth-order valence-corrected chi connectivity index (χ4v) is 6.19. The molecule has 2 fully saturated rings. The number of thioether (sulfide) groups is 1. The summed E-state index contributed by atoms with van der Waals surface area (Å²) in [6.45, 7) is 8.84. The summed E-state index contributed by atoms with van der Waals surface area (Å²) in [5.41, 5.74) is 5.48. The second-order valence-corrected chi connectivity index (χ2v) is 11.1. The average molecular weight is 476 g/mol. The first-order valence-corrected chi connectivity index (χ1v) is 12.6. The van der Waals surface area contributed by atoms with Gasteiger partial charge in [-0.1, -0.05) is 50.7 Å². The van der Waals surface area contributed by atoms with Crippen LogP contribution in [0.2, 0.25) is 0 Å². The number of rotatable bonds is 5. The largest absolute Gasteiger partial charge is 0.272 e. The van der Waals surface area contributed by atoms with E-state index in [1.54, 1.807) is 24.4 Å². The highest BCUT2D eigenvalue weighted by molar-refractivity contribution is 7.99. The number of aryl methyl sites for hydroxylation is 1. The molecule has 0 spiro atoms. The molecule has 0 aliphatic heterocycles. The van der Waals surface area contributed by atoms with E-state index in [0.29, 0.717) is 27.8 Å². The zero-order valence-electron chi connectivity index (χ0n) is 20.0. The normalized spacial score (nSPS) is 24.1. The molecule has 8 heteroatoms. The van der Waals surface area contributed by atoms with E-state index >= 15 is 0 Å². The van der Waals surface area contributed by atoms with Crippen LogP contribution in [0.3, 0.4) is 0 Å². The molecule has 0 saturated heterocycles. The number of fused-ring (bicyclic) bond motifs is 3. The molecule has 2 bridgehead atoms. The smallest absolute Gasteiger partial charge is 0.267 e. The first-order chi connectivity index (χ1) is 16.2. The topological polar surface area (TPSA) is 89.2 Å². The first-order valence-electron chi connectivity index (χ1n) is 11.6. The number of amides is 1. The Balaban J connectivity index is 1.39. The van der Waals surface area contributed by atoms with Crippen molar-refractivity contribution in [3.8, 4) is 5.82 Å². The summed E-state index contributed by atoms with van der Waals surface area (Å²) in [5, 5.41) is 5.48. The Kier molecular flexibility index (Phi) is 5.59. The average Bonchev–Trinajstić information content (AvgIpc) is 3.16. The monoisotopic (exact) mass is 475 g/mol. The molecule has 2 aliphatic carbocycles. The number of hydrogen-bond donors (Lipinski definition) is 1. The van der Waals surface area contributed by atoms with E-state index in [9.17, 15) is 9.59 Å². The van der Waals surface area contributed by atoms with Gasteiger partial charge in [0.25, 0.3) is 11.5 Å². The van der Waals surface area contributed by atoms with Gasteiger partial charge < -0.3 is 0 Å². The van der Waals surface area contributed by atoms with Gasteiger partial charge in [-0.3, -0.25) is 9.59 Å². The lowest BCUT2D eigenvalue weighted by molar-refractivity contribution is -0.118. The summed E-state index contributed by atoms with van der Waals surface area (Å²) in [5.74, 6) is 0.985. The minimum atomic E-state index is -0.215. The molecule has 5 rings (SSSR count). The van der Waals surface area contributed by atoms with Crippen LogP contribution in [0.1, 0.15) is 45.6 Å². The van der Waals surface area contributed by atoms with Crippen molar-refractivity contribution in [2.45, 2.75) is 52.1 Å². The molecule has 1 amide bonds. The quantitative estimate of drug-likeness (QED) is 0.333. The lowest BCUT2D eigenvalue weighted by atomic mass is 9.70. The summed E-state index contributed by atoms with van der Waals surface area (Å²) in [4.78, 5) is 35.1. The summed E-state index contributed by atoms with van der Waals surface area (Å²) in [6.07, 6.45) is 5.00. The Morgan fingerprint density at radius 1 is 1.24 bits per heavy atom. The molecule has 2 saturated carbocycles. The van der Waals surface area contributed by atoms with Crippen molar-refractivity contribution in [3.05, 3.63) is 58.5 Å². The van der Waals surface area contributed by atoms with Gasteiger partial charge in [-0.05, 0) is 61.3 Å². The molecule has 0 radical (unpaired) electrons. The van der Waals surface area contributed by atoms with E-state index in [0.717, 1.165) is 24.1 Å². The Bertz CT molecular complexity index is 1360. The van der Waals surface area contributed by atoms with E-state index in [4.69, 9.17) is 0 Å². The van der Waals surface area contributed by atoms with Crippen LogP contribution in [0.5, 0.6) is 0 Å². The molecule has 2 unspecified atom stereocenters. The summed E-state index contributed by atoms with van der Waals surface area (Å²) in [6, 6.07) is 10.9. The molecule has 2 aliphatic rings. The molecule has 3 aromatic rings. The third-order valence-corrected chi connectivity index (χ3v) is 8.97. The Morgan fingerprint density at radius 3 is 2.71 bits per heavy atom. The standard InChI is InChI=1S/C26H29N5O2S/c1-16-9-10-21(27-14-16)31-23(33)18-7-5-6-8-19(18)28-24(31)34-15-22(32)30-29-20-13-17-11-12-26(20,4)25(17,2)3/h5-10,14,17H,11-13,15H2,1-4H3,(H,30,32)/b29-20+. The molecule has 7 nitrogen and oxygen atoms in total. The van der Waals surface area contributed by atoms with Gasteiger partial charge in [0, 0.05) is 17.3 Å². The first kappa shape index (κ1) is 22.8. The number of nitrogens with zero attached hydrogens (tertiary/aromatic N) is 4. The van der Waals surface area contributed by atoms with Crippen molar-refractivity contribution in [1.82, 2.24) is 20.0 Å². The number of para-hydroxylation sites is 1. The molecule has 2 heterocycles. The van der Waals surface area contributed by atoms with Crippen LogP contribution in [-0.2, 0) is 4.79 Å². The summed E-state index contributed by atoms with van der Waals surface area (Å²) in [7, 11) is 0. The van der Waals surface area contributed by atoms with Gasteiger partial charge in [-0.2, -0.15) is 5.10 Å². The molecule has 176 valence electrons. The van der Waals surface area contributed by atoms with Crippen molar-refractivity contribution >= 4 is 34.3 Å². The number of pyridine rings is 1. The van der Waals surface area contributed by atoms with Gasteiger partial charge in [0.1, 0.15) is 5.82 Å². The zero-order valence-corrected chi connectivity index (χ0v) is 20.8. The predicted molar refractivity (Wildman–Crippen MR) is 135 cm³/mol. The van der Waals surface area contributed by atoms with Crippen LogP contribution in [0.4, 0.5) is 0 Å². The van der Waals surface area contributed by atoms with Gasteiger partial charge in [-0.25, -0.2) is 20.0 Å². The number of hydrogen-bond acceptors (Lipinski definition) is 6. The second kappa shape index (κ2) is 8.34. The van der Waals surface area contributed by atoms with Crippen molar-refractivity contribution in [1.29, 1.82) is 0 Å². The van der Waals surface area contributed by atoms with Crippen LogP contribution in [0.25, 0.3) is 16.7 Å². The fourth-order valence-electron chi connectivity index (χ4n) is 5.39. The van der Waals surface area contributed by atoms with Gasteiger partial charge in [0.15, 0.2) is 5.16 Å². The maximum atomic E-state index is 13.3. The molecular weight excluding hydrogens is 446 g/mol. The molecule has 2 atom stereocenters. The predicted octanol–water partition coefficient (Wildman–Crippen LogP) is 4.50. The Hall–Kier alpha value is -3.00. The third kappa shape index (κ3) is 3.64. The number of nitrogens with one attached hydrogen (secondary N) is 1. The minimum absolute atomic E-state index is 0.0373. The van der Waals surface area contributed by atoms with Crippen LogP contribution in [0.15, 0.2) is 57.6 Å².